The zero-order valence-electron chi connectivity index (χ0n) is 2.03. The predicted molar refractivity (Wildman–Crippen MR) is 29.8 cm³/mol. The van der Waals surface area contributed by atoms with Crippen molar-refractivity contribution in [1.29, 1.82) is 0 Å². The molecule has 0 spiro atoms. The van der Waals surface area contributed by atoms with Crippen molar-refractivity contribution in [1.82, 2.24) is 0 Å². The van der Waals surface area contributed by atoms with E-state index in [0.717, 1.165) is 0 Å². The Morgan fingerprint density at radius 3 is 1.60 bits per heavy atom. The Hall–Kier alpha value is 1.45. The van der Waals surface area contributed by atoms with E-state index in [2.05, 4.69) is 15.5 Å². The van der Waals surface area contributed by atoms with E-state index in [0.29, 0.717) is 0 Å². The molecule has 5 heavy (non-hydrogen) atoms. The van der Waals surface area contributed by atoms with Crippen LogP contribution in [0.4, 0.5) is 0 Å². The van der Waals surface area contributed by atoms with Crippen LogP contribution in [0.5, 0.6) is 0 Å². The molecule has 5 heteroatoms. The minimum absolute atomic E-state index is 2.57. The summed E-state index contributed by atoms with van der Waals surface area (Å²) in [6, 6.07) is 0. The van der Waals surface area contributed by atoms with Crippen LogP contribution in [0.1, 0.15) is 0 Å². The van der Waals surface area contributed by atoms with Crippen LogP contribution in [0.2, 0.25) is 0 Å². The monoisotopic (exact) mass is 197 g/mol. The highest BCUT2D eigenvalue weighted by Gasteiger charge is 2.26. The van der Waals surface area contributed by atoms with Gasteiger partial charge in [0.05, 0.1) is 0 Å². The molecule has 1 nitrogen and oxygen atoms in total. The second-order valence-corrected chi connectivity index (χ2v) is 10.2. The lowest BCUT2D eigenvalue weighted by atomic mass is 15.9. The Bertz CT molecular complexity index is 25.1. The molecule has 0 aliphatic heterocycles. The van der Waals surface area contributed by atoms with Crippen LogP contribution in [-0.2, 0) is 0 Å². The summed E-state index contributed by atoms with van der Waals surface area (Å²) in [5.74, 6) is 0. The van der Waals surface area contributed by atoms with Gasteiger partial charge in [0.2, 0.25) is 15.5 Å². The Morgan fingerprint density at radius 1 is 1.60 bits per heavy atom. The van der Waals surface area contributed by atoms with Crippen LogP contribution in [0.25, 0.3) is 0 Å². The molecule has 0 fully saturated rings. The maximum Gasteiger partial charge on any atom is 0.403 e. The predicted octanol–water partition coefficient (Wildman–Crippen LogP) is 2.53. The van der Waals surface area contributed by atoms with Crippen molar-refractivity contribution >= 4 is 42.9 Å². The second kappa shape index (κ2) is 1.94. The lowest BCUT2D eigenvalue weighted by Crippen LogP contribution is -1.42. The van der Waals surface area contributed by atoms with Crippen molar-refractivity contribution in [3.05, 3.63) is 0 Å². The van der Waals surface area contributed by atoms with Crippen molar-refractivity contribution in [2.45, 2.75) is 0 Å². The van der Waals surface area contributed by atoms with Gasteiger partial charge in [-0.15, -0.1) is 0 Å². The molecule has 0 aliphatic rings. The van der Waals surface area contributed by atoms with E-state index in [1.807, 2.05) is 0 Å². The number of hydrogen-bond acceptors (Lipinski definition) is 1. The van der Waals surface area contributed by atoms with Crippen LogP contribution < -0.4 is 0 Å². The lowest BCUT2D eigenvalue weighted by Gasteiger charge is -1.77. The lowest BCUT2D eigenvalue weighted by molar-refractivity contribution is 0.650. The number of hydrogen-bond donors (Lipinski definition) is 1. The molecule has 0 amide bonds. The smallest absolute Gasteiger partial charge is 0.205 e. The fraction of sp³-hybridized carbons (Fsp3) is 0. The summed E-state index contributed by atoms with van der Waals surface area (Å²) in [6.45, 7) is 0. The molecular weight excluding hydrogens is 198 g/mol. The number of rotatable bonds is 0. The van der Waals surface area contributed by atoms with Gasteiger partial charge in [0.1, 0.15) is 0 Å². The van der Waals surface area contributed by atoms with Crippen molar-refractivity contribution in [3.8, 4) is 0 Å². The largest absolute Gasteiger partial charge is 0.403 e. The zero-order chi connectivity index (χ0) is 4.50. The average Bonchev–Trinajstić information content (AvgIpc) is 0.722. The molecule has 32 valence electrons. The van der Waals surface area contributed by atoms with Gasteiger partial charge in [0.25, 0.3) is 0 Å². The molecule has 0 heterocycles. The van der Waals surface area contributed by atoms with Gasteiger partial charge in [0.15, 0.2) is 22.5 Å². The molecule has 0 saturated carbocycles. The molecule has 0 unspecified atom stereocenters. The molecule has 0 aromatic carbocycles. The summed E-state index contributed by atoms with van der Waals surface area (Å²) in [7, 11) is 0. The van der Waals surface area contributed by atoms with E-state index in [9.17, 15) is 0 Å². The van der Waals surface area contributed by atoms with E-state index < -0.39 is 4.90 Å². The maximum absolute atomic E-state index is 8.08. The van der Waals surface area contributed by atoms with Gasteiger partial charge < -0.3 is 0 Å². The molecule has 0 aliphatic carbocycles. The Kier molecular flexibility index (Phi) is 2.51. The molecule has 0 aromatic rings. The molecule has 0 bridgehead atoms. The summed E-state index contributed by atoms with van der Waals surface area (Å²) >= 11 is 12.3. The van der Waals surface area contributed by atoms with Crippen LogP contribution in [-0.4, -0.2) is 4.89 Å². The standard InChI is InChI=1S/BrCl2HOP/c1-5(2,3)4/h4H/q+1. The summed E-state index contributed by atoms with van der Waals surface area (Å²) in [5, 5.41) is 0. The number of halogens is 3. The van der Waals surface area contributed by atoms with Gasteiger partial charge in [-0.3, -0.25) is 0 Å². The van der Waals surface area contributed by atoms with Gasteiger partial charge in [0, 0.05) is 0 Å². The molecule has 1 N–H and O–H groups in total. The average molecular weight is 199 g/mol. The Labute approximate surface area is 48.0 Å². The minimum Gasteiger partial charge on any atom is -0.205 e. The maximum atomic E-state index is 8.08. The zero-order valence-corrected chi connectivity index (χ0v) is 6.02. The van der Waals surface area contributed by atoms with Crippen molar-refractivity contribution in [2.75, 3.05) is 0 Å². The first-order valence-corrected chi connectivity index (χ1v) is 6.28. The first-order chi connectivity index (χ1) is 2.00. The molecule has 0 saturated heterocycles. The minimum atomic E-state index is -2.63. The topological polar surface area (TPSA) is 20.2 Å². The highest BCUT2D eigenvalue weighted by molar-refractivity contribution is 9.46. The van der Waals surface area contributed by atoms with Crippen molar-refractivity contribution in [2.24, 2.45) is 0 Å². The fourth-order valence-corrected chi connectivity index (χ4v) is 0. The third-order valence-electron chi connectivity index (χ3n) is 0. The van der Waals surface area contributed by atoms with E-state index in [1.165, 1.54) is 0 Å². The molecule has 0 atom stereocenters. The van der Waals surface area contributed by atoms with E-state index in [-0.39, 0.29) is 0 Å². The second-order valence-electron chi connectivity index (χ2n) is 0.418. The Balaban J connectivity index is 3.02. The van der Waals surface area contributed by atoms with Gasteiger partial charge in [-0.25, -0.2) is 4.89 Å². The summed E-state index contributed by atoms with van der Waals surface area (Å²) in [5.41, 5.74) is 0. The third-order valence-corrected chi connectivity index (χ3v) is 0. The summed E-state index contributed by atoms with van der Waals surface area (Å²) in [6.07, 6.45) is 0. The molecule has 0 radical (unpaired) electrons. The highest BCUT2D eigenvalue weighted by Crippen LogP contribution is 2.72. The highest BCUT2D eigenvalue weighted by atomic mass is 79.9. The van der Waals surface area contributed by atoms with Gasteiger partial charge in [-0.2, -0.15) is 0 Å². The van der Waals surface area contributed by atoms with Crippen LogP contribution in [0.3, 0.4) is 0 Å². The van der Waals surface area contributed by atoms with Gasteiger partial charge >= 0.3 is 4.90 Å². The van der Waals surface area contributed by atoms with Crippen molar-refractivity contribution in [3.63, 3.8) is 0 Å². The van der Waals surface area contributed by atoms with E-state index >= 15 is 0 Å². The summed E-state index contributed by atoms with van der Waals surface area (Å²) < 4.78 is 0. The first kappa shape index (κ1) is 6.45. The molecule has 0 rings (SSSR count). The Morgan fingerprint density at radius 2 is 1.60 bits per heavy atom. The SMILES string of the molecule is O[P+](Cl)(Cl)Br. The molecule has 0 aromatic heterocycles. The van der Waals surface area contributed by atoms with Crippen LogP contribution in [0, 0.1) is 0 Å². The first-order valence-electron chi connectivity index (χ1n) is 0.707. The molecular formula is HBrCl2OP+. The third kappa shape index (κ3) is 30.9. The van der Waals surface area contributed by atoms with E-state index in [4.69, 9.17) is 27.4 Å². The fourth-order valence-electron chi connectivity index (χ4n) is 0. The summed E-state index contributed by atoms with van der Waals surface area (Å²) in [4.78, 5) is 5.45. The van der Waals surface area contributed by atoms with Crippen LogP contribution in [0.15, 0.2) is 0 Å². The van der Waals surface area contributed by atoms with Gasteiger partial charge in [-0.05, 0) is 0 Å². The van der Waals surface area contributed by atoms with E-state index in [1.54, 1.807) is 0 Å². The quantitative estimate of drug-likeness (QED) is 0.594. The normalized spacial score (nSPS) is 12.0. The van der Waals surface area contributed by atoms with Crippen LogP contribution >= 0.6 is 42.9 Å². The van der Waals surface area contributed by atoms with Crippen molar-refractivity contribution < 1.29 is 4.89 Å². The van der Waals surface area contributed by atoms with Gasteiger partial charge in [-0.1, -0.05) is 0 Å².